The van der Waals surface area contributed by atoms with Crippen molar-refractivity contribution in [2.24, 2.45) is 5.41 Å². The molecule has 2 amide bonds. The summed E-state index contributed by atoms with van der Waals surface area (Å²) >= 11 is 6.00. The highest BCUT2D eigenvalue weighted by molar-refractivity contribution is 6.30. The van der Waals surface area contributed by atoms with Gasteiger partial charge in [0.15, 0.2) is 6.10 Å². The average Bonchev–Trinajstić information content (AvgIpc) is 2.69. The summed E-state index contributed by atoms with van der Waals surface area (Å²) in [5, 5.41) is 3.71. The molecule has 160 valence electrons. The Kier molecular flexibility index (Phi) is 7.16. The van der Waals surface area contributed by atoms with Crippen LogP contribution >= 0.6 is 11.6 Å². The van der Waals surface area contributed by atoms with E-state index in [0.717, 1.165) is 24.9 Å². The number of nitrogens with zero attached hydrogens (tertiary/aromatic N) is 2. The first kappa shape index (κ1) is 22.0. The minimum Gasteiger partial charge on any atom is -0.381 e. The summed E-state index contributed by atoms with van der Waals surface area (Å²) in [5.41, 5.74) is 0.794. The van der Waals surface area contributed by atoms with E-state index in [9.17, 15) is 9.59 Å². The van der Waals surface area contributed by atoms with Gasteiger partial charge in [0.05, 0.1) is 6.04 Å². The first-order valence-electron chi connectivity index (χ1n) is 9.94. The first-order valence-corrected chi connectivity index (χ1v) is 10.3. The maximum absolute atomic E-state index is 13.1. The maximum Gasteiger partial charge on any atom is 0.251 e. The third-order valence-corrected chi connectivity index (χ3v) is 6.05. The highest BCUT2D eigenvalue weighted by Crippen LogP contribution is 2.32. The third-order valence-electron chi connectivity index (χ3n) is 5.80. The summed E-state index contributed by atoms with van der Waals surface area (Å²) in [4.78, 5) is 29.1. The van der Waals surface area contributed by atoms with E-state index in [1.807, 2.05) is 26.2 Å². The molecule has 2 aliphatic rings. The standard InChI is InChI=1S/C21H30ClN3O4/c1-24(2)14-21(8-10-28-11-9-21)13-23-20(27)19-18(25(3)17(26)12-29-19)15-4-6-16(22)7-5-15/h4-7,18-19H,8-14H2,1-3H3,(H,23,27). The molecule has 2 heterocycles. The van der Waals surface area contributed by atoms with Crippen molar-refractivity contribution < 1.29 is 19.1 Å². The molecule has 7 nitrogen and oxygen atoms in total. The SMILES string of the molecule is CN(C)CC1(CNC(=O)C2OCC(=O)N(C)C2c2ccc(Cl)cc2)CCOCC1. The molecule has 1 aromatic rings. The number of benzene rings is 1. The van der Waals surface area contributed by atoms with Crippen LogP contribution in [0.5, 0.6) is 0 Å². The maximum atomic E-state index is 13.1. The number of carbonyl (C=O) groups excluding carboxylic acids is 2. The van der Waals surface area contributed by atoms with Gasteiger partial charge in [-0.05, 0) is 44.6 Å². The Morgan fingerprint density at radius 1 is 1.28 bits per heavy atom. The van der Waals surface area contributed by atoms with Gasteiger partial charge in [0.2, 0.25) is 5.91 Å². The molecule has 0 aliphatic carbocycles. The number of rotatable bonds is 6. The van der Waals surface area contributed by atoms with Crippen LogP contribution in [0, 0.1) is 5.41 Å². The number of ether oxygens (including phenoxy) is 2. The van der Waals surface area contributed by atoms with Crippen molar-refractivity contribution in [1.82, 2.24) is 15.1 Å². The predicted octanol–water partition coefficient (Wildman–Crippen LogP) is 1.71. The smallest absolute Gasteiger partial charge is 0.251 e. The molecule has 2 aliphatic heterocycles. The van der Waals surface area contributed by atoms with Gasteiger partial charge in [0, 0.05) is 43.8 Å². The number of hydrogen-bond acceptors (Lipinski definition) is 5. The molecular weight excluding hydrogens is 394 g/mol. The van der Waals surface area contributed by atoms with Crippen molar-refractivity contribution in [1.29, 1.82) is 0 Å². The van der Waals surface area contributed by atoms with Gasteiger partial charge in [0.1, 0.15) is 6.61 Å². The Bertz CT molecular complexity index is 719. The number of nitrogens with one attached hydrogen (secondary N) is 1. The van der Waals surface area contributed by atoms with Crippen LogP contribution in [0.3, 0.4) is 0 Å². The zero-order chi connectivity index (χ0) is 21.0. The van der Waals surface area contributed by atoms with Gasteiger partial charge < -0.3 is 24.6 Å². The molecule has 0 spiro atoms. The van der Waals surface area contributed by atoms with E-state index >= 15 is 0 Å². The van der Waals surface area contributed by atoms with Crippen LogP contribution in [0.4, 0.5) is 0 Å². The van der Waals surface area contributed by atoms with E-state index in [1.54, 1.807) is 24.1 Å². The van der Waals surface area contributed by atoms with Gasteiger partial charge in [-0.2, -0.15) is 0 Å². The number of halogens is 1. The summed E-state index contributed by atoms with van der Waals surface area (Å²) in [6.07, 6.45) is 1.03. The van der Waals surface area contributed by atoms with Crippen molar-refractivity contribution in [3.05, 3.63) is 34.9 Å². The lowest BCUT2D eigenvalue weighted by Crippen LogP contribution is -2.55. The van der Waals surface area contributed by atoms with E-state index in [4.69, 9.17) is 21.1 Å². The number of amides is 2. The fraction of sp³-hybridized carbons (Fsp3) is 0.619. The molecule has 0 radical (unpaired) electrons. The third kappa shape index (κ3) is 5.28. The molecular formula is C21H30ClN3O4. The van der Waals surface area contributed by atoms with Crippen molar-refractivity contribution in [3.63, 3.8) is 0 Å². The second kappa shape index (κ2) is 9.43. The minimum absolute atomic E-state index is 0.0242. The minimum atomic E-state index is -0.768. The molecule has 0 bridgehead atoms. The molecule has 0 aromatic heterocycles. The molecule has 1 N–H and O–H groups in total. The topological polar surface area (TPSA) is 71.1 Å². The van der Waals surface area contributed by atoms with Crippen LogP contribution in [-0.4, -0.2) is 81.8 Å². The second-order valence-corrected chi connectivity index (χ2v) is 8.74. The molecule has 2 saturated heterocycles. The van der Waals surface area contributed by atoms with Gasteiger partial charge >= 0.3 is 0 Å². The lowest BCUT2D eigenvalue weighted by Gasteiger charge is -2.41. The Hall–Kier alpha value is -1.67. The Balaban J connectivity index is 1.74. The number of likely N-dealkylation sites (N-methyl/N-ethyl adjacent to an activating group) is 1. The van der Waals surface area contributed by atoms with E-state index in [1.165, 1.54) is 0 Å². The lowest BCUT2D eigenvalue weighted by atomic mass is 9.79. The van der Waals surface area contributed by atoms with E-state index in [0.29, 0.717) is 24.8 Å². The number of carbonyl (C=O) groups is 2. The van der Waals surface area contributed by atoms with Crippen molar-refractivity contribution in [2.75, 3.05) is 54.1 Å². The molecule has 29 heavy (non-hydrogen) atoms. The molecule has 2 atom stereocenters. The molecule has 2 fully saturated rings. The fourth-order valence-corrected chi connectivity index (χ4v) is 4.36. The van der Waals surface area contributed by atoms with E-state index < -0.39 is 12.1 Å². The van der Waals surface area contributed by atoms with Gasteiger partial charge in [0.25, 0.3) is 5.91 Å². The van der Waals surface area contributed by atoms with Crippen molar-refractivity contribution in [2.45, 2.75) is 25.0 Å². The fourth-order valence-electron chi connectivity index (χ4n) is 4.23. The summed E-state index contributed by atoms with van der Waals surface area (Å²) in [7, 11) is 5.79. The molecule has 1 aromatic carbocycles. The van der Waals surface area contributed by atoms with Crippen LogP contribution in [-0.2, 0) is 19.1 Å². The van der Waals surface area contributed by atoms with Crippen LogP contribution in [0.2, 0.25) is 5.02 Å². The highest BCUT2D eigenvalue weighted by Gasteiger charge is 2.41. The van der Waals surface area contributed by atoms with Crippen molar-refractivity contribution in [3.8, 4) is 0 Å². The monoisotopic (exact) mass is 423 g/mol. The van der Waals surface area contributed by atoms with E-state index in [-0.39, 0.29) is 23.8 Å². The van der Waals surface area contributed by atoms with Gasteiger partial charge in [-0.15, -0.1) is 0 Å². The van der Waals surface area contributed by atoms with Crippen LogP contribution in [0.15, 0.2) is 24.3 Å². The normalized spacial score (nSPS) is 24.6. The number of hydrogen-bond donors (Lipinski definition) is 1. The Morgan fingerprint density at radius 2 is 1.93 bits per heavy atom. The zero-order valence-corrected chi connectivity index (χ0v) is 18.1. The summed E-state index contributed by atoms with van der Waals surface area (Å²) in [6.45, 7) is 2.73. The van der Waals surface area contributed by atoms with E-state index in [2.05, 4.69) is 10.2 Å². The Labute approximate surface area is 177 Å². The Morgan fingerprint density at radius 3 is 2.55 bits per heavy atom. The van der Waals surface area contributed by atoms with Crippen LogP contribution in [0.1, 0.15) is 24.4 Å². The van der Waals surface area contributed by atoms with Gasteiger partial charge in [-0.25, -0.2) is 0 Å². The summed E-state index contributed by atoms with van der Waals surface area (Å²) in [6, 6.07) is 6.68. The zero-order valence-electron chi connectivity index (χ0n) is 17.3. The van der Waals surface area contributed by atoms with Crippen molar-refractivity contribution >= 4 is 23.4 Å². The van der Waals surface area contributed by atoms with Gasteiger partial charge in [-0.3, -0.25) is 9.59 Å². The largest absolute Gasteiger partial charge is 0.381 e. The first-order chi connectivity index (χ1) is 13.8. The predicted molar refractivity (Wildman–Crippen MR) is 111 cm³/mol. The molecule has 8 heteroatoms. The molecule has 0 saturated carbocycles. The van der Waals surface area contributed by atoms with Gasteiger partial charge in [-0.1, -0.05) is 23.7 Å². The highest BCUT2D eigenvalue weighted by atomic mass is 35.5. The molecule has 3 rings (SSSR count). The molecule has 2 unspecified atom stereocenters. The van der Waals surface area contributed by atoms with Crippen LogP contribution < -0.4 is 5.32 Å². The second-order valence-electron chi connectivity index (χ2n) is 8.30. The quantitative estimate of drug-likeness (QED) is 0.754. The lowest BCUT2D eigenvalue weighted by molar-refractivity contribution is -0.162. The average molecular weight is 424 g/mol. The summed E-state index contributed by atoms with van der Waals surface area (Å²) < 4.78 is 11.2. The number of morpholine rings is 1. The van der Waals surface area contributed by atoms with Crippen LogP contribution in [0.25, 0.3) is 0 Å². The summed E-state index contributed by atoms with van der Waals surface area (Å²) in [5.74, 6) is -0.351.